The van der Waals surface area contributed by atoms with Gasteiger partial charge in [-0.3, -0.25) is 9.19 Å². The van der Waals surface area contributed by atoms with Crippen LogP contribution in [0.15, 0.2) is 58.7 Å². The van der Waals surface area contributed by atoms with Crippen molar-refractivity contribution in [1.29, 1.82) is 0 Å². The molecule has 2 heterocycles. The van der Waals surface area contributed by atoms with Crippen molar-refractivity contribution in [2.75, 3.05) is 13.2 Å². The summed E-state index contributed by atoms with van der Waals surface area (Å²) < 4.78 is 91.9. The maximum atomic E-state index is 14.4. The van der Waals surface area contributed by atoms with Gasteiger partial charge < -0.3 is 14.6 Å². The second kappa shape index (κ2) is 14.0. The third-order valence-corrected chi connectivity index (χ3v) is 9.63. The Morgan fingerprint density at radius 3 is 2.43 bits per heavy atom. The molecule has 0 aliphatic rings. The van der Waals surface area contributed by atoms with E-state index in [9.17, 15) is 30.6 Å². The molecule has 0 aliphatic carbocycles. The molecule has 10 nitrogen and oxygen atoms in total. The zero-order valence-corrected chi connectivity index (χ0v) is 28.1. The molecule has 1 N–H and O–H groups in total. The average Bonchev–Trinajstić information content (AvgIpc) is 3.32. The minimum absolute atomic E-state index is 0. The van der Waals surface area contributed by atoms with Crippen molar-refractivity contribution in [3.05, 3.63) is 71.0 Å². The van der Waals surface area contributed by atoms with Crippen LogP contribution >= 0.6 is 0 Å². The van der Waals surface area contributed by atoms with Crippen LogP contribution < -0.4 is 9.47 Å². The number of para-hydroxylation sites is 2. The first-order valence-electron chi connectivity index (χ1n) is 12.8. The maximum Gasteiger partial charge on any atom is 0.422 e. The molecule has 44 heavy (non-hydrogen) atoms. The summed E-state index contributed by atoms with van der Waals surface area (Å²) in [6.45, 7) is 4.41. The van der Waals surface area contributed by atoms with E-state index in [-0.39, 0.29) is 90.6 Å². The van der Waals surface area contributed by atoms with E-state index in [2.05, 4.69) is 9.97 Å². The van der Waals surface area contributed by atoms with Gasteiger partial charge in [0.1, 0.15) is 11.5 Å². The zero-order valence-electron chi connectivity index (χ0n) is 24.5. The third-order valence-electron chi connectivity index (χ3n) is 6.37. The Labute approximate surface area is 276 Å². The molecule has 2 aromatic heterocycles. The van der Waals surface area contributed by atoms with Crippen LogP contribution in [0.2, 0.25) is 0 Å². The van der Waals surface area contributed by atoms with Gasteiger partial charge in [-0.2, -0.15) is 13.2 Å². The number of nitrogens with zero attached hydrogens (tertiary/aromatic N) is 3. The van der Waals surface area contributed by atoms with Crippen molar-refractivity contribution in [2.45, 2.75) is 55.6 Å². The molecule has 0 spiro atoms. The van der Waals surface area contributed by atoms with E-state index in [1.807, 2.05) is 0 Å². The molecule has 2 aromatic carbocycles. The van der Waals surface area contributed by atoms with Crippen molar-refractivity contribution in [1.82, 2.24) is 13.9 Å². The number of halogens is 3. The van der Waals surface area contributed by atoms with E-state index in [1.165, 1.54) is 37.4 Å². The van der Waals surface area contributed by atoms with E-state index in [0.717, 1.165) is 3.97 Å². The van der Waals surface area contributed by atoms with Crippen LogP contribution in [0.25, 0.3) is 11.0 Å². The van der Waals surface area contributed by atoms with Crippen LogP contribution in [-0.4, -0.2) is 86.6 Å². The van der Waals surface area contributed by atoms with Crippen LogP contribution in [0.1, 0.15) is 42.1 Å². The molecular formula is C28H28F3N3NaO7S2. The molecule has 1 atom stereocenters. The molecular weight excluding hydrogens is 634 g/mol. The van der Waals surface area contributed by atoms with Crippen LogP contribution in [0, 0.1) is 13.8 Å². The first-order chi connectivity index (χ1) is 20.1. The van der Waals surface area contributed by atoms with Gasteiger partial charge in [-0.05, 0) is 61.2 Å². The molecule has 4 aromatic rings. The smallest absolute Gasteiger partial charge is 0.422 e. The number of hydrogen-bond acceptors (Lipinski definition) is 8. The second-order valence-electron chi connectivity index (χ2n) is 9.92. The Morgan fingerprint density at radius 1 is 1.11 bits per heavy atom. The summed E-state index contributed by atoms with van der Waals surface area (Å²) in [6, 6.07) is 10.5. The number of carbonyl (C=O) groups is 1. The van der Waals surface area contributed by atoms with Gasteiger partial charge in [0.25, 0.3) is 10.0 Å². The Kier molecular flexibility index (Phi) is 11.3. The summed E-state index contributed by atoms with van der Waals surface area (Å²) in [7, 11) is -6.60. The third kappa shape index (κ3) is 7.80. The molecule has 0 saturated heterocycles. The SMILES string of the molecule is Cc1cc(OCC(=O)O)cc(C(C)C)c1S(=O)(=O)n1c(S(=O)Cc2nccc(OCC(F)(F)F)c2C)nc2ccccc21.[Na]. The number of pyridine rings is 1. The quantitative estimate of drug-likeness (QED) is 0.226. The van der Waals surface area contributed by atoms with Crippen LogP contribution in [-0.2, 0) is 31.4 Å². The Bertz CT molecular complexity index is 1830. The largest absolute Gasteiger partial charge is 0.484 e. The van der Waals surface area contributed by atoms with E-state index < -0.39 is 46.2 Å². The van der Waals surface area contributed by atoms with Crippen molar-refractivity contribution < 1.29 is 45.2 Å². The molecule has 0 bridgehead atoms. The van der Waals surface area contributed by atoms with E-state index in [1.54, 1.807) is 39.0 Å². The summed E-state index contributed by atoms with van der Waals surface area (Å²) >= 11 is 0. The standard InChI is InChI=1S/C28H28F3N3O7S2.Na/c1-16(2)20-12-19(40-13-25(35)36)11-17(3)26(20)43(38,39)34-23-8-6-5-7-21(23)33-27(34)42(37)14-22-18(4)24(9-10-32-22)41-15-28(29,30)31;/h5-12,16H,13-15H2,1-4H3,(H,35,36);. The van der Waals surface area contributed by atoms with E-state index >= 15 is 0 Å². The molecule has 0 saturated carbocycles. The summed E-state index contributed by atoms with van der Waals surface area (Å²) in [4.78, 5) is 19.5. The minimum Gasteiger partial charge on any atom is -0.484 e. The molecule has 0 aliphatic heterocycles. The molecule has 16 heteroatoms. The number of ether oxygens (including phenoxy) is 2. The minimum atomic E-state index is -4.56. The van der Waals surface area contributed by atoms with Crippen molar-refractivity contribution in [2.24, 2.45) is 0 Å². The molecule has 4 rings (SSSR count). The number of rotatable bonds is 11. The summed E-state index contributed by atoms with van der Waals surface area (Å²) in [5.41, 5.74) is 1.41. The van der Waals surface area contributed by atoms with Gasteiger partial charge in [-0.1, -0.05) is 26.0 Å². The predicted octanol–water partition coefficient (Wildman–Crippen LogP) is 4.74. The maximum absolute atomic E-state index is 14.4. The van der Waals surface area contributed by atoms with Crippen LogP contribution in [0.3, 0.4) is 0 Å². The van der Waals surface area contributed by atoms with Gasteiger partial charge in [0, 0.05) is 41.3 Å². The molecule has 0 amide bonds. The number of alkyl halides is 3. The summed E-state index contributed by atoms with van der Waals surface area (Å²) in [6.07, 6.45) is -3.34. The van der Waals surface area contributed by atoms with E-state index in [0.29, 0.717) is 5.56 Å². The normalized spacial score (nSPS) is 12.6. The topological polar surface area (TPSA) is 138 Å². The molecule has 1 radical (unpaired) electrons. The number of carboxylic acid groups (broad SMARTS) is 1. The van der Waals surface area contributed by atoms with Gasteiger partial charge in [-0.15, -0.1) is 0 Å². The number of aromatic nitrogens is 3. The van der Waals surface area contributed by atoms with Gasteiger partial charge in [-0.25, -0.2) is 22.2 Å². The first-order valence-corrected chi connectivity index (χ1v) is 15.6. The van der Waals surface area contributed by atoms with Gasteiger partial charge >= 0.3 is 12.1 Å². The monoisotopic (exact) mass is 662 g/mol. The number of fused-ring (bicyclic) bond motifs is 1. The molecule has 1 unspecified atom stereocenters. The second-order valence-corrected chi connectivity index (χ2v) is 13.0. The van der Waals surface area contributed by atoms with Crippen molar-refractivity contribution in [3.63, 3.8) is 0 Å². The molecule has 231 valence electrons. The number of aliphatic carboxylic acids is 1. The van der Waals surface area contributed by atoms with Crippen molar-refractivity contribution in [3.8, 4) is 11.5 Å². The van der Waals surface area contributed by atoms with Crippen LogP contribution in [0.4, 0.5) is 13.2 Å². The van der Waals surface area contributed by atoms with E-state index in [4.69, 9.17) is 14.6 Å². The van der Waals surface area contributed by atoms with Gasteiger partial charge in [0.15, 0.2) is 13.2 Å². The Balaban J connectivity index is 0.00000529. The number of hydrogen-bond donors (Lipinski definition) is 1. The molecule has 0 fully saturated rings. The first kappa shape index (κ1) is 35.5. The van der Waals surface area contributed by atoms with Crippen molar-refractivity contribution >= 4 is 67.4 Å². The Hall–Kier alpha value is -2.98. The number of imidazole rings is 1. The summed E-state index contributed by atoms with van der Waals surface area (Å²) in [5, 5.41) is 8.69. The fourth-order valence-corrected chi connectivity index (χ4v) is 8.03. The Morgan fingerprint density at radius 2 is 1.80 bits per heavy atom. The average molecular weight is 663 g/mol. The number of benzene rings is 2. The van der Waals surface area contributed by atoms with Crippen LogP contribution in [0.5, 0.6) is 11.5 Å². The fraction of sp³-hybridized carbons (Fsp3) is 0.321. The fourth-order valence-electron chi connectivity index (χ4n) is 4.43. The van der Waals surface area contributed by atoms with Gasteiger partial charge in [0.05, 0.1) is 38.2 Å². The summed E-state index contributed by atoms with van der Waals surface area (Å²) in [5.74, 6) is -1.81. The van der Waals surface area contributed by atoms with Gasteiger partial charge in [0.2, 0.25) is 5.16 Å². The zero-order chi connectivity index (χ0) is 31.7. The number of carboxylic acids is 1. The number of aryl methyl sites for hydroxylation is 1. The predicted molar refractivity (Wildman–Crippen MR) is 157 cm³/mol.